The lowest BCUT2D eigenvalue weighted by molar-refractivity contribution is -0.0414. The molecule has 0 radical (unpaired) electrons. The maximum absolute atomic E-state index is 6.05. The van der Waals surface area contributed by atoms with Crippen LogP contribution in [0.3, 0.4) is 0 Å². The zero-order valence-corrected chi connectivity index (χ0v) is 14.0. The van der Waals surface area contributed by atoms with Gasteiger partial charge >= 0.3 is 0 Å². The summed E-state index contributed by atoms with van der Waals surface area (Å²) in [6.07, 6.45) is 0.488. The number of nitrogens with zero attached hydrogens (tertiary/aromatic N) is 1. The molecule has 5 nitrogen and oxygen atoms in total. The van der Waals surface area contributed by atoms with Crippen molar-refractivity contribution in [2.45, 2.75) is 25.7 Å². The number of hydrogen-bond donors (Lipinski definition) is 0. The van der Waals surface area contributed by atoms with Gasteiger partial charge in [-0.3, -0.25) is 0 Å². The number of methoxy groups -OCH3 is 1. The molecule has 2 aliphatic rings. The third-order valence-electron chi connectivity index (χ3n) is 4.21. The van der Waals surface area contributed by atoms with Gasteiger partial charge in [-0.2, -0.15) is 0 Å². The van der Waals surface area contributed by atoms with Gasteiger partial charge in [-0.05, 0) is 25.0 Å². The number of ether oxygens (including phenoxy) is 4. The van der Waals surface area contributed by atoms with E-state index in [1.807, 2.05) is 6.07 Å². The van der Waals surface area contributed by atoms with Gasteiger partial charge in [0.1, 0.15) is 6.10 Å². The normalized spacial score (nSPS) is 21.4. The molecule has 2 aromatic heterocycles. The van der Waals surface area contributed by atoms with Gasteiger partial charge in [-0.25, -0.2) is 4.98 Å². The van der Waals surface area contributed by atoms with Crippen LogP contribution in [0.15, 0.2) is 18.2 Å². The largest absolute Gasteiger partial charge is 0.481 e. The number of hydrogen-bond acceptors (Lipinski definition) is 6. The van der Waals surface area contributed by atoms with E-state index in [1.54, 1.807) is 18.4 Å². The van der Waals surface area contributed by atoms with E-state index in [0.717, 1.165) is 22.6 Å². The van der Waals surface area contributed by atoms with Crippen LogP contribution in [0.1, 0.15) is 39.0 Å². The Kier molecular flexibility index (Phi) is 4.07. The summed E-state index contributed by atoms with van der Waals surface area (Å²) in [4.78, 5) is 6.93. The van der Waals surface area contributed by atoms with Gasteiger partial charge < -0.3 is 18.9 Å². The molecule has 0 saturated carbocycles. The summed E-state index contributed by atoms with van der Waals surface area (Å²) in [5.41, 5.74) is 3.32. The van der Waals surface area contributed by atoms with Gasteiger partial charge in [0, 0.05) is 16.5 Å². The van der Waals surface area contributed by atoms with Crippen molar-refractivity contribution in [3.63, 3.8) is 0 Å². The molecule has 4 heterocycles. The van der Waals surface area contributed by atoms with Crippen LogP contribution < -0.4 is 4.74 Å². The van der Waals surface area contributed by atoms with Crippen LogP contribution in [0.5, 0.6) is 5.88 Å². The molecule has 0 amide bonds. The van der Waals surface area contributed by atoms with Gasteiger partial charge in [0.15, 0.2) is 6.29 Å². The standard InChI is InChI=1S/C17H19NO4S/c1-10-12(9-13(23-10)17-21-7-8-22-17)16-15-11(5-6-20-16)3-4-14(18-15)19-2/h3-4,9,16-17H,5-8H2,1-2H3. The third kappa shape index (κ3) is 2.76. The number of aryl methyl sites for hydroxylation is 1. The molecular formula is C17H19NO4S. The van der Waals surface area contributed by atoms with Crippen molar-refractivity contribution in [1.82, 2.24) is 4.98 Å². The molecule has 122 valence electrons. The Hall–Kier alpha value is -1.47. The van der Waals surface area contributed by atoms with Crippen LogP contribution in [-0.4, -0.2) is 31.9 Å². The molecule has 4 rings (SSSR count). The van der Waals surface area contributed by atoms with Crippen LogP contribution in [-0.2, 0) is 20.6 Å². The third-order valence-corrected chi connectivity index (χ3v) is 5.30. The van der Waals surface area contributed by atoms with E-state index in [2.05, 4.69) is 24.0 Å². The molecule has 23 heavy (non-hydrogen) atoms. The number of thiophene rings is 1. The van der Waals surface area contributed by atoms with Crippen molar-refractivity contribution < 1.29 is 18.9 Å². The summed E-state index contributed by atoms with van der Waals surface area (Å²) >= 11 is 1.70. The predicted octanol–water partition coefficient (Wildman–Crippen LogP) is 3.17. The van der Waals surface area contributed by atoms with Crippen LogP contribution in [0.2, 0.25) is 0 Å². The van der Waals surface area contributed by atoms with Gasteiger partial charge in [0.05, 0.1) is 37.5 Å². The highest BCUT2D eigenvalue weighted by Gasteiger charge is 2.29. The lowest BCUT2D eigenvalue weighted by Crippen LogP contribution is -2.19. The van der Waals surface area contributed by atoms with E-state index in [0.29, 0.717) is 25.7 Å². The average Bonchev–Trinajstić information content (AvgIpc) is 3.23. The maximum Gasteiger partial charge on any atom is 0.213 e. The summed E-state index contributed by atoms with van der Waals surface area (Å²) in [5.74, 6) is 0.620. The van der Waals surface area contributed by atoms with Gasteiger partial charge in [0.25, 0.3) is 0 Å². The molecule has 0 aliphatic carbocycles. The highest BCUT2D eigenvalue weighted by molar-refractivity contribution is 7.12. The molecule has 0 N–H and O–H groups in total. The molecule has 0 bridgehead atoms. The second-order valence-corrected chi connectivity index (χ2v) is 6.92. The summed E-state index contributed by atoms with van der Waals surface area (Å²) < 4.78 is 22.6. The first-order chi connectivity index (χ1) is 11.3. The quantitative estimate of drug-likeness (QED) is 0.863. The molecule has 0 aromatic carbocycles. The van der Waals surface area contributed by atoms with Crippen LogP contribution in [0.25, 0.3) is 0 Å². The maximum atomic E-state index is 6.05. The number of fused-ring (bicyclic) bond motifs is 1. The minimum Gasteiger partial charge on any atom is -0.481 e. The van der Waals surface area contributed by atoms with Crippen molar-refractivity contribution in [2.24, 2.45) is 0 Å². The molecule has 2 aliphatic heterocycles. The Morgan fingerprint density at radius 3 is 2.78 bits per heavy atom. The first-order valence-electron chi connectivity index (χ1n) is 7.75. The molecule has 1 saturated heterocycles. The lowest BCUT2D eigenvalue weighted by Gasteiger charge is -2.25. The van der Waals surface area contributed by atoms with Crippen LogP contribution in [0, 0.1) is 6.92 Å². The number of pyridine rings is 1. The fraction of sp³-hybridized carbons (Fsp3) is 0.471. The van der Waals surface area contributed by atoms with E-state index in [1.165, 1.54) is 10.4 Å². The number of aromatic nitrogens is 1. The van der Waals surface area contributed by atoms with Crippen molar-refractivity contribution in [2.75, 3.05) is 26.9 Å². The van der Waals surface area contributed by atoms with Crippen molar-refractivity contribution >= 4 is 11.3 Å². The Morgan fingerprint density at radius 1 is 1.17 bits per heavy atom. The first kappa shape index (κ1) is 15.1. The zero-order valence-electron chi connectivity index (χ0n) is 13.2. The fourth-order valence-electron chi connectivity index (χ4n) is 3.06. The van der Waals surface area contributed by atoms with E-state index < -0.39 is 0 Å². The molecular weight excluding hydrogens is 314 g/mol. The Labute approximate surface area is 139 Å². The first-order valence-corrected chi connectivity index (χ1v) is 8.57. The monoisotopic (exact) mass is 333 g/mol. The van der Waals surface area contributed by atoms with Crippen molar-refractivity contribution in [3.05, 3.63) is 44.8 Å². The van der Waals surface area contributed by atoms with Gasteiger partial charge in [0.2, 0.25) is 5.88 Å². The summed E-state index contributed by atoms with van der Waals surface area (Å²) in [5, 5.41) is 0. The van der Waals surface area contributed by atoms with E-state index >= 15 is 0 Å². The van der Waals surface area contributed by atoms with Crippen molar-refractivity contribution in [3.8, 4) is 5.88 Å². The SMILES string of the molecule is COc1ccc2c(n1)C(c1cc(C3OCCO3)sc1C)OCC2. The number of rotatable bonds is 3. The predicted molar refractivity (Wildman–Crippen MR) is 86.0 cm³/mol. The topological polar surface area (TPSA) is 49.8 Å². The molecule has 1 atom stereocenters. The Bertz CT molecular complexity index is 709. The second kappa shape index (κ2) is 6.20. The molecule has 0 spiro atoms. The highest BCUT2D eigenvalue weighted by atomic mass is 32.1. The summed E-state index contributed by atoms with van der Waals surface area (Å²) in [6, 6.07) is 6.13. The fourth-order valence-corrected chi connectivity index (χ4v) is 4.11. The zero-order chi connectivity index (χ0) is 15.8. The Balaban J connectivity index is 1.71. The van der Waals surface area contributed by atoms with E-state index in [4.69, 9.17) is 18.9 Å². The van der Waals surface area contributed by atoms with E-state index in [-0.39, 0.29) is 12.4 Å². The van der Waals surface area contributed by atoms with Crippen LogP contribution >= 0.6 is 11.3 Å². The molecule has 1 fully saturated rings. The smallest absolute Gasteiger partial charge is 0.213 e. The van der Waals surface area contributed by atoms with Crippen LogP contribution in [0.4, 0.5) is 0 Å². The highest BCUT2D eigenvalue weighted by Crippen LogP contribution is 2.40. The minimum absolute atomic E-state index is 0.153. The average molecular weight is 333 g/mol. The van der Waals surface area contributed by atoms with Crippen molar-refractivity contribution in [1.29, 1.82) is 0 Å². The van der Waals surface area contributed by atoms with E-state index in [9.17, 15) is 0 Å². The summed E-state index contributed by atoms with van der Waals surface area (Å²) in [7, 11) is 1.64. The molecule has 1 unspecified atom stereocenters. The molecule has 2 aromatic rings. The van der Waals surface area contributed by atoms with Gasteiger partial charge in [-0.1, -0.05) is 6.07 Å². The van der Waals surface area contributed by atoms with Gasteiger partial charge in [-0.15, -0.1) is 11.3 Å². The Morgan fingerprint density at radius 2 is 2.00 bits per heavy atom. The molecule has 6 heteroatoms. The summed E-state index contributed by atoms with van der Waals surface area (Å²) in [6.45, 7) is 4.11. The minimum atomic E-state index is -0.242. The second-order valence-electron chi connectivity index (χ2n) is 5.63. The lowest BCUT2D eigenvalue weighted by atomic mass is 9.98.